The first kappa shape index (κ1) is 14.7. The number of rotatable bonds is 2. The molecule has 0 saturated heterocycles. The van der Waals surface area contributed by atoms with Crippen molar-refractivity contribution in [3.63, 3.8) is 0 Å². The fourth-order valence-corrected chi connectivity index (χ4v) is 0.990. The molecular weight excluding hydrogens is 232 g/mol. The third-order valence-corrected chi connectivity index (χ3v) is 1.65. The van der Waals surface area contributed by atoms with Crippen molar-refractivity contribution >= 4 is 21.8 Å². The molecule has 0 atom stereocenters. The van der Waals surface area contributed by atoms with Gasteiger partial charge >= 0.3 is 10.4 Å². The van der Waals surface area contributed by atoms with Gasteiger partial charge in [0.1, 0.15) is 0 Å². The second-order valence-electron chi connectivity index (χ2n) is 3.05. The minimum absolute atomic E-state index is 0.853. The summed E-state index contributed by atoms with van der Waals surface area (Å²) < 4.78 is 31.6. The van der Waals surface area contributed by atoms with E-state index in [2.05, 4.69) is 18.3 Å². The predicted molar refractivity (Wildman–Crippen MR) is 63.9 cm³/mol. The van der Waals surface area contributed by atoms with Crippen molar-refractivity contribution in [2.24, 2.45) is 0 Å². The Bertz CT molecular complexity index is 423. The van der Waals surface area contributed by atoms with E-state index in [1.165, 1.54) is 0 Å². The molecule has 0 amide bonds. The molecule has 0 fully saturated rings. The molecule has 0 aliphatic rings. The number of nitrogens with two attached hydrogens (primary N) is 1. The Labute approximate surface area is 95.1 Å². The van der Waals surface area contributed by atoms with Crippen molar-refractivity contribution in [2.75, 3.05) is 17.6 Å². The zero-order valence-electron chi connectivity index (χ0n) is 9.14. The van der Waals surface area contributed by atoms with Gasteiger partial charge in [0, 0.05) is 17.9 Å². The van der Waals surface area contributed by atoms with Crippen molar-refractivity contribution in [1.29, 1.82) is 0 Å². The van der Waals surface area contributed by atoms with Crippen LogP contribution in [0.2, 0.25) is 0 Å². The molecule has 0 aliphatic heterocycles. The average Bonchev–Trinajstić information content (AvgIpc) is 2.09. The Morgan fingerprint density at radius 1 is 1.38 bits per heavy atom. The summed E-state index contributed by atoms with van der Waals surface area (Å²) in [5, 5.41) is 3.22. The van der Waals surface area contributed by atoms with Gasteiger partial charge in [0.25, 0.3) is 0 Å². The summed E-state index contributed by atoms with van der Waals surface area (Å²) in [5.41, 5.74) is 8.78. The monoisotopic (exact) mass is 248 g/mol. The number of nitrogens with one attached hydrogen (secondary N) is 1. The van der Waals surface area contributed by atoms with Crippen LogP contribution in [0.5, 0.6) is 0 Å². The maximum absolute atomic E-state index is 8.74. The summed E-state index contributed by atoms with van der Waals surface area (Å²) in [4.78, 5) is 0. The lowest BCUT2D eigenvalue weighted by molar-refractivity contribution is 0.381. The summed E-state index contributed by atoms with van der Waals surface area (Å²) in [5.74, 6) is 0. The van der Waals surface area contributed by atoms with Crippen molar-refractivity contribution in [3.05, 3.63) is 23.8 Å². The van der Waals surface area contributed by atoms with Crippen LogP contribution < -0.4 is 11.1 Å². The Kier molecular flexibility index (Phi) is 5.79. The summed E-state index contributed by atoms with van der Waals surface area (Å²) in [7, 11) is -4.67. The van der Waals surface area contributed by atoms with Gasteiger partial charge in [0.15, 0.2) is 0 Å². The topological polar surface area (TPSA) is 113 Å². The maximum Gasteiger partial charge on any atom is 0.394 e. The largest absolute Gasteiger partial charge is 0.399 e. The van der Waals surface area contributed by atoms with Crippen LogP contribution in [0, 0.1) is 6.92 Å². The SMILES string of the molecule is CCNc1ccc(N)c(C)c1.O=S(=O)(O)O. The molecule has 6 nitrogen and oxygen atoms in total. The van der Waals surface area contributed by atoms with E-state index < -0.39 is 10.4 Å². The number of benzene rings is 1. The maximum atomic E-state index is 8.74. The highest BCUT2D eigenvalue weighted by atomic mass is 32.3. The normalized spacial score (nSPS) is 10.2. The number of hydrogen-bond acceptors (Lipinski definition) is 4. The van der Waals surface area contributed by atoms with Crippen molar-refractivity contribution in [3.8, 4) is 0 Å². The molecule has 1 rings (SSSR count). The number of hydrogen-bond donors (Lipinski definition) is 4. The smallest absolute Gasteiger partial charge is 0.394 e. The summed E-state index contributed by atoms with van der Waals surface area (Å²) in [6, 6.07) is 5.97. The lowest BCUT2D eigenvalue weighted by atomic mass is 10.2. The van der Waals surface area contributed by atoms with Crippen molar-refractivity contribution in [1.82, 2.24) is 0 Å². The summed E-state index contributed by atoms with van der Waals surface area (Å²) in [6.45, 7) is 5.03. The Hall–Kier alpha value is -1.31. The van der Waals surface area contributed by atoms with Gasteiger partial charge in [-0.15, -0.1) is 0 Å². The zero-order valence-corrected chi connectivity index (χ0v) is 9.95. The Morgan fingerprint density at radius 3 is 2.25 bits per heavy atom. The van der Waals surface area contributed by atoms with Crippen molar-refractivity contribution in [2.45, 2.75) is 13.8 Å². The fourth-order valence-electron chi connectivity index (χ4n) is 0.990. The third kappa shape index (κ3) is 8.04. The van der Waals surface area contributed by atoms with E-state index in [4.69, 9.17) is 23.3 Å². The fraction of sp³-hybridized carbons (Fsp3) is 0.333. The summed E-state index contributed by atoms with van der Waals surface area (Å²) >= 11 is 0. The Balaban J connectivity index is 0.000000385. The molecule has 0 heterocycles. The van der Waals surface area contributed by atoms with E-state index in [9.17, 15) is 0 Å². The standard InChI is InChI=1S/C9H14N2.H2O4S/c1-3-11-8-4-5-9(10)7(2)6-8;1-5(2,3)4/h4-6,11H,3,10H2,1-2H3;(H2,1,2,3,4). The van der Waals surface area contributed by atoms with Crippen LogP contribution in [0.25, 0.3) is 0 Å². The first-order valence-electron chi connectivity index (χ1n) is 4.54. The van der Waals surface area contributed by atoms with Gasteiger partial charge in [-0.25, -0.2) is 0 Å². The average molecular weight is 248 g/mol. The second kappa shape index (κ2) is 6.31. The van der Waals surface area contributed by atoms with Crippen LogP contribution >= 0.6 is 0 Å². The van der Waals surface area contributed by atoms with Gasteiger partial charge < -0.3 is 11.1 Å². The molecule has 0 saturated carbocycles. The van der Waals surface area contributed by atoms with Crippen LogP contribution in [0.1, 0.15) is 12.5 Å². The molecule has 0 aliphatic carbocycles. The highest BCUT2D eigenvalue weighted by Crippen LogP contribution is 2.15. The molecule has 5 N–H and O–H groups in total. The zero-order chi connectivity index (χ0) is 12.8. The van der Waals surface area contributed by atoms with E-state index in [0.29, 0.717) is 0 Å². The van der Waals surface area contributed by atoms with E-state index in [-0.39, 0.29) is 0 Å². The minimum Gasteiger partial charge on any atom is -0.399 e. The molecule has 0 unspecified atom stereocenters. The van der Waals surface area contributed by atoms with Gasteiger partial charge in [-0.05, 0) is 37.6 Å². The molecule has 0 radical (unpaired) electrons. The van der Waals surface area contributed by atoms with E-state index in [0.717, 1.165) is 23.5 Å². The van der Waals surface area contributed by atoms with Gasteiger partial charge in [-0.3, -0.25) is 9.11 Å². The van der Waals surface area contributed by atoms with Gasteiger partial charge in [0.2, 0.25) is 0 Å². The lowest BCUT2D eigenvalue weighted by Gasteiger charge is -2.05. The molecule has 16 heavy (non-hydrogen) atoms. The molecular formula is C9H16N2O4S. The van der Waals surface area contributed by atoms with Crippen LogP contribution in [-0.2, 0) is 10.4 Å². The molecule has 92 valence electrons. The molecule has 0 bridgehead atoms. The molecule has 1 aromatic rings. The van der Waals surface area contributed by atoms with Crippen LogP contribution in [-0.4, -0.2) is 24.1 Å². The van der Waals surface area contributed by atoms with Crippen LogP contribution in [0.4, 0.5) is 11.4 Å². The van der Waals surface area contributed by atoms with Gasteiger partial charge in [-0.1, -0.05) is 0 Å². The minimum atomic E-state index is -4.67. The van der Waals surface area contributed by atoms with Crippen molar-refractivity contribution < 1.29 is 17.5 Å². The third-order valence-electron chi connectivity index (χ3n) is 1.65. The molecule has 0 aromatic heterocycles. The van der Waals surface area contributed by atoms with Gasteiger partial charge in [-0.2, -0.15) is 8.42 Å². The summed E-state index contributed by atoms with van der Waals surface area (Å²) in [6.07, 6.45) is 0. The highest BCUT2D eigenvalue weighted by Gasteiger charge is 1.93. The molecule has 0 spiro atoms. The number of aryl methyl sites for hydroxylation is 1. The van der Waals surface area contributed by atoms with E-state index >= 15 is 0 Å². The molecule has 1 aromatic carbocycles. The quantitative estimate of drug-likeness (QED) is 0.464. The lowest BCUT2D eigenvalue weighted by Crippen LogP contribution is -1.97. The number of anilines is 2. The highest BCUT2D eigenvalue weighted by molar-refractivity contribution is 7.79. The first-order valence-corrected chi connectivity index (χ1v) is 5.93. The molecule has 7 heteroatoms. The van der Waals surface area contributed by atoms with Crippen LogP contribution in [0.15, 0.2) is 18.2 Å². The van der Waals surface area contributed by atoms with Crippen LogP contribution in [0.3, 0.4) is 0 Å². The predicted octanol–water partition coefficient (Wildman–Crippen LogP) is 1.36. The number of nitrogen functional groups attached to an aromatic ring is 1. The first-order chi connectivity index (χ1) is 7.24. The van der Waals surface area contributed by atoms with E-state index in [1.54, 1.807) is 0 Å². The van der Waals surface area contributed by atoms with E-state index in [1.807, 2.05) is 19.1 Å². The Morgan fingerprint density at radius 2 is 1.88 bits per heavy atom. The second-order valence-corrected chi connectivity index (χ2v) is 3.95. The van der Waals surface area contributed by atoms with Gasteiger partial charge in [0.05, 0.1) is 0 Å².